The van der Waals surface area contributed by atoms with Crippen molar-refractivity contribution in [3.05, 3.63) is 71.0 Å². The van der Waals surface area contributed by atoms with Crippen LogP contribution in [0.2, 0.25) is 0 Å². The standard InChI is InChI=1S/C16H17F/c1-12-8-4-5-9-13(12)16(2,3)14-10-6-7-11-15(14)17/h4-11H,1-3H3. The van der Waals surface area contributed by atoms with E-state index in [1.165, 1.54) is 17.2 Å². The largest absolute Gasteiger partial charge is 0.207 e. The first kappa shape index (κ1) is 11.8. The van der Waals surface area contributed by atoms with Gasteiger partial charge in [0.15, 0.2) is 0 Å². The molecule has 0 amide bonds. The first-order valence-electron chi connectivity index (χ1n) is 5.84. The number of hydrogen-bond donors (Lipinski definition) is 0. The molecule has 1 heteroatoms. The van der Waals surface area contributed by atoms with E-state index in [9.17, 15) is 4.39 Å². The number of rotatable bonds is 2. The maximum absolute atomic E-state index is 13.9. The van der Waals surface area contributed by atoms with Crippen LogP contribution in [0.25, 0.3) is 0 Å². The second-order valence-corrected chi connectivity index (χ2v) is 4.92. The fraction of sp³-hybridized carbons (Fsp3) is 0.250. The van der Waals surface area contributed by atoms with Gasteiger partial charge in [-0.1, -0.05) is 56.3 Å². The van der Waals surface area contributed by atoms with Crippen molar-refractivity contribution < 1.29 is 4.39 Å². The third-order valence-corrected chi connectivity index (χ3v) is 3.37. The van der Waals surface area contributed by atoms with Gasteiger partial charge in [-0.15, -0.1) is 0 Å². The molecule has 0 saturated heterocycles. The first-order chi connectivity index (χ1) is 8.03. The third-order valence-electron chi connectivity index (χ3n) is 3.37. The van der Waals surface area contributed by atoms with Gasteiger partial charge in [-0.3, -0.25) is 0 Å². The Balaban J connectivity index is 2.58. The number of halogens is 1. The Labute approximate surface area is 102 Å². The molecular weight excluding hydrogens is 211 g/mol. The minimum Gasteiger partial charge on any atom is -0.207 e. The Morgan fingerprint density at radius 1 is 0.824 bits per heavy atom. The van der Waals surface area contributed by atoms with Crippen molar-refractivity contribution in [1.82, 2.24) is 0 Å². The summed E-state index contributed by atoms with van der Waals surface area (Å²) >= 11 is 0. The van der Waals surface area contributed by atoms with E-state index >= 15 is 0 Å². The van der Waals surface area contributed by atoms with E-state index in [0.717, 1.165) is 5.56 Å². The van der Waals surface area contributed by atoms with E-state index in [1.54, 1.807) is 6.07 Å². The fourth-order valence-corrected chi connectivity index (χ4v) is 2.39. The number of aryl methyl sites for hydroxylation is 1. The van der Waals surface area contributed by atoms with Crippen molar-refractivity contribution in [2.75, 3.05) is 0 Å². The van der Waals surface area contributed by atoms with Crippen LogP contribution in [0.1, 0.15) is 30.5 Å². The highest BCUT2D eigenvalue weighted by Gasteiger charge is 2.27. The van der Waals surface area contributed by atoms with Crippen LogP contribution in [-0.2, 0) is 5.41 Å². The van der Waals surface area contributed by atoms with Crippen LogP contribution in [0.4, 0.5) is 4.39 Å². The average molecular weight is 228 g/mol. The Morgan fingerprint density at radius 2 is 1.35 bits per heavy atom. The molecule has 0 aliphatic carbocycles. The molecule has 17 heavy (non-hydrogen) atoms. The summed E-state index contributed by atoms with van der Waals surface area (Å²) in [6.07, 6.45) is 0. The molecule has 0 spiro atoms. The second-order valence-electron chi connectivity index (χ2n) is 4.92. The lowest BCUT2D eigenvalue weighted by molar-refractivity contribution is 0.546. The van der Waals surface area contributed by atoms with Crippen molar-refractivity contribution in [3.8, 4) is 0 Å². The summed E-state index contributed by atoms with van der Waals surface area (Å²) in [7, 11) is 0. The summed E-state index contributed by atoms with van der Waals surface area (Å²) in [5.74, 6) is -0.138. The van der Waals surface area contributed by atoms with Gasteiger partial charge in [-0.05, 0) is 29.7 Å². The smallest absolute Gasteiger partial charge is 0.127 e. The Hall–Kier alpha value is -1.63. The SMILES string of the molecule is Cc1ccccc1C(C)(C)c1ccccc1F. The molecule has 0 fully saturated rings. The molecule has 2 aromatic rings. The summed E-state index contributed by atoms with van der Waals surface area (Å²) < 4.78 is 13.9. The summed E-state index contributed by atoms with van der Waals surface area (Å²) in [4.78, 5) is 0. The average Bonchev–Trinajstić information content (AvgIpc) is 2.29. The lowest BCUT2D eigenvalue weighted by atomic mass is 9.76. The predicted octanol–water partition coefficient (Wildman–Crippen LogP) is 4.46. The topological polar surface area (TPSA) is 0 Å². The normalized spacial score (nSPS) is 11.5. The van der Waals surface area contributed by atoms with Gasteiger partial charge in [0.2, 0.25) is 0 Å². The Bertz CT molecular complexity index is 479. The fourth-order valence-electron chi connectivity index (χ4n) is 2.39. The van der Waals surface area contributed by atoms with Gasteiger partial charge in [0.25, 0.3) is 0 Å². The van der Waals surface area contributed by atoms with Gasteiger partial charge >= 0.3 is 0 Å². The molecule has 0 nitrogen and oxygen atoms in total. The zero-order valence-corrected chi connectivity index (χ0v) is 10.5. The van der Waals surface area contributed by atoms with E-state index in [1.807, 2.05) is 24.3 Å². The van der Waals surface area contributed by atoms with Gasteiger partial charge in [-0.2, -0.15) is 0 Å². The molecule has 0 N–H and O–H groups in total. The van der Waals surface area contributed by atoms with E-state index in [-0.39, 0.29) is 11.2 Å². The zero-order valence-electron chi connectivity index (χ0n) is 10.5. The molecule has 2 aromatic carbocycles. The summed E-state index contributed by atoms with van der Waals surface area (Å²) in [5, 5.41) is 0. The van der Waals surface area contributed by atoms with Crippen molar-refractivity contribution in [1.29, 1.82) is 0 Å². The van der Waals surface area contributed by atoms with Crippen LogP contribution < -0.4 is 0 Å². The van der Waals surface area contributed by atoms with Crippen molar-refractivity contribution in [2.45, 2.75) is 26.2 Å². The van der Waals surface area contributed by atoms with Crippen molar-refractivity contribution >= 4 is 0 Å². The summed E-state index contributed by atoms with van der Waals surface area (Å²) in [6.45, 7) is 6.19. The molecule has 0 bridgehead atoms. The van der Waals surface area contributed by atoms with Gasteiger partial charge in [-0.25, -0.2) is 4.39 Å². The van der Waals surface area contributed by atoms with Gasteiger partial charge < -0.3 is 0 Å². The van der Waals surface area contributed by atoms with E-state index in [2.05, 4.69) is 32.9 Å². The molecule has 0 unspecified atom stereocenters. The van der Waals surface area contributed by atoms with Crippen molar-refractivity contribution in [3.63, 3.8) is 0 Å². The third kappa shape index (κ3) is 2.10. The summed E-state index contributed by atoms with van der Waals surface area (Å²) in [6, 6.07) is 15.2. The van der Waals surface area contributed by atoms with Gasteiger partial charge in [0.05, 0.1) is 0 Å². The highest BCUT2D eigenvalue weighted by Crippen LogP contribution is 2.34. The maximum Gasteiger partial charge on any atom is 0.127 e. The van der Waals surface area contributed by atoms with Crippen LogP contribution in [0, 0.1) is 12.7 Å². The molecule has 0 atom stereocenters. The monoisotopic (exact) mass is 228 g/mol. The van der Waals surface area contributed by atoms with Gasteiger partial charge in [0.1, 0.15) is 5.82 Å². The first-order valence-corrected chi connectivity index (χ1v) is 5.84. The zero-order chi connectivity index (χ0) is 12.5. The number of hydrogen-bond acceptors (Lipinski definition) is 0. The second kappa shape index (κ2) is 4.33. The summed E-state index contributed by atoms with van der Waals surface area (Å²) in [5.41, 5.74) is 2.80. The number of benzene rings is 2. The molecule has 88 valence electrons. The van der Waals surface area contributed by atoms with Gasteiger partial charge in [0, 0.05) is 5.41 Å². The van der Waals surface area contributed by atoms with E-state index < -0.39 is 0 Å². The minimum atomic E-state index is -0.309. The van der Waals surface area contributed by atoms with Crippen LogP contribution in [0.3, 0.4) is 0 Å². The van der Waals surface area contributed by atoms with Crippen LogP contribution in [0.15, 0.2) is 48.5 Å². The quantitative estimate of drug-likeness (QED) is 0.712. The van der Waals surface area contributed by atoms with Crippen LogP contribution in [-0.4, -0.2) is 0 Å². The predicted molar refractivity (Wildman–Crippen MR) is 69.7 cm³/mol. The molecular formula is C16H17F. The van der Waals surface area contributed by atoms with E-state index in [4.69, 9.17) is 0 Å². The highest BCUT2D eigenvalue weighted by molar-refractivity contribution is 5.42. The minimum absolute atomic E-state index is 0.138. The molecule has 0 aromatic heterocycles. The molecule has 0 aliphatic rings. The van der Waals surface area contributed by atoms with E-state index in [0.29, 0.717) is 0 Å². The Morgan fingerprint density at radius 3 is 1.94 bits per heavy atom. The van der Waals surface area contributed by atoms with Crippen molar-refractivity contribution in [2.24, 2.45) is 0 Å². The molecule has 0 aliphatic heterocycles. The maximum atomic E-state index is 13.9. The lowest BCUT2D eigenvalue weighted by Crippen LogP contribution is -2.21. The molecule has 0 radical (unpaired) electrons. The Kier molecular flexibility index (Phi) is 3.01. The lowest BCUT2D eigenvalue weighted by Gasteiger charge is -2.28. The molecule has 2 rings (SSSR count). The molecule has 0 heterocycles. The van der Waals surface area contributed by atoms with Crippen LogP contribution in [0.5, 0.6) is 0 Å². The van der Waals surface area contributed by atoms with Crippen LogP contribution >= 0.6 is 0 Å². The highest BCUT2D eigenvalue weighted by atomic mass is 19.1. The molecule has 0 saturated carbocycles.